The van der Waals surface area contributed by atoms with E-state index < -0.39 is 0 Å². The number of thiazole rings is 1. The van der Waals surface area contributed by atoms with Crippen molar-refractivity contribution < 1.29 is 4.74 Å². The second kappa shape index (κ2) is 11.3. The van der Waals surface area contributed by atoms with Gasteiger partial charge in [-0.25, -0.2) is 4.98 Å². The number of aryl methyl sites for hydroxylation is 2. The highest BCUT2D eigenvalue weighted by Gasteiger charge is 2.33. The summed E-state index contributed by atoms with van der Waals surface area (Å²) in [7, 11) is 3.62. The minimum atomic E-state index is 0.346. The molecule has 2 aromatic rings. The van der Waals surface area contributed by atoms with Crippen LogP contribution in [0.15, 0.2) is 40.7 Å². The standard InChI is InChI=1S/C23H34N4OS/c1-24-22(26-18-23(14-15-28-2)12-6-7-13-23)25-16-20-17-29-21(27-20)11-10-19-8-4-3-5-9-19/h3-5,8-9,17H,6-7,10-16,18H2,1-2H3,(H2,24,25,26). The van der Waals surface area contributed by atoms with E-state index in [1.807, 2.05) is 7.05 Å². The van der Waals surface area contributed by atoms with Gasteiger partial charge >= 0.3 is 0 Å². The van der Waals surface area contributed by atoms with Crippen LogP contribution >= 0.6 is 11.3 Å². The number of hydrogen-bond acceptors (Lipinski definition) is 4. The predicted octanol–water partition coefficient (Wildman–Crippen LogP) is 4.19. The molecule has 1 aromatic heterocycles. The topological polar surface area (TPSA) is 58.5 Å². The summed E-state index contributed by atoms with van der Waals surface area (Å²) in [6, 6.07) is 10.6. The van der Waals surface area contributed by atoms with Crippen LogP contribution in [0.1, 0.15) is 48.4 Å². The van der Waals surface area contributed by atoms with E-state index >= 15 is 0 Å². The molecule has 1 aromatic carbocycles. The molecule has 0 unspecified atom stereocenters. The Morgan fingerprint density at radius 3 is 2.69 bits per heavy atom. The molecule has 0 radical (unpaired) electrons. The molecule has 1 aliphatic rings. The lowest BCUT2D eigenvalue weighted by Crippen LogP contribution is -2.43. The molecule has 0 amide bonds. The van der Waals surface area contributed by atoms with Crippen molar-refractivity contribution in [3.05, 3.63) is 52.0 Å². The summed E-state index contributed by atoms with van der Waals surface area (Å²) in [6.07, 6.45) is 8.33. The first kappa shape index (κ1) is 21.8. The fourth-order valence-electron chi connectivity index (χ4n) is 4.07. The van der Waals surface area contributed by atoms with Gasteiger partial charge in [-0.3, -0.25) is 4.99 Å². The molecular formula is C23H34N4OS. The molecule has 2 N–H and O–H groups in total. The fourth-order valence-corrected chi connectivity index (χ4v) is 4.86. The number of nitrogens with zero attached hydrogens (tertiary/aromatic N) is 2. The van der Waals surface area contributed by atoms with Crippen LogP contribution < -0.4 is 10.6 Å². The van der Waals surface area contributed by atoms with Crippen molar-refractivity contribution in [1.82, 2.24) is 15.6 Å². The van der Waals surface area contributed by atoms with Crippen LogP contribution in [0.4, 0.5) is 0 Å². The summed E-state index contributed by atoms with van der Waals surface area (Å²) < 4.78 is 5.34. The van der Waals surface area contributed by atoms with E-state index in [2.05, 4.69) is 51.3 Å². The maximum atomic E-state index is 5.34. The number of benzene rings is 1. The third-order valence-electron chi connectivity index (χ3n) is 5.86. The van der Waals surface area contributed by atoms with Crippen LogP contribution in [0.25, 0.3) is 0 Å². The number of hydrogen-bond donors (Lipinski definition) is 2. The number of nitrogens with one attached hydrogen (secondary N) is 2. The molecule has 0 bridgehead atoms. The Bertz CT molecular complexity index is 753. The molecule has 0 atom stereocenters. The summed E-state index contributed by atoms with van der Waals surface area (Å²) >= 11 is 1.74. The number of ether oxygens (including phenoxy) is 1. The van der Waals surface area contributed by atoms with E-state index in [1.165, 1.54) is 36.3 Å². The van der Waals surface area contributed by atoms with Gasteiger partial charge in [0, 0.05) is 39.1 Å². The van der Waals surface area contributed by atoms with Crippen molar-refractivity contribution >= 4 is 17.3 Å². The van der Waals surface area contributed by atoms with Gasteiger partial charge in [-0.15, -0.1) is 11.3 Å². The Hall–Kier alpha value is -1.92. The SMILES string of the molecule is CN=C(NCc1csc(CCc2ccccc2)n1)NCC1(CCOC)CCCC1. The van der Waals surface area contributed by atoms with E-state index in [1.54, 1.807) is 18.4 Å². The highest BCUT2D eigenvalue weighted by atomic mass is 32.1. The zero-order valence-corrected chi connectivity index (χ0v) is 18.6. The van der Waals surface area contributed by atoms with Crippen molar-refractivity contribution in [2.45, 2.75) is 51.5 Å². The lowest BCUT2D eigenvalue weighted by Gasteiger charge is -2.29. The number of methoxy groups -OCH3 is 1. The Morgan fingerprint density at radius 1 is 1.17 bits per heavy atom. The lowest BCUT2D eigenvalue weighted by atomic mass is 9.83. The average molecular weight is 415 g/mol. The molecule has 3 rings (SSSR count). The van der Waals surface area contributed by atoms with Gasteiger partial charge in [0.2, 0.25) is 0 Å². The summed E-state index contributed by atoms with van der Waals surface area (Å²) in [5.41, 5.74) is 2.79. The largest absolute Gasteiger partial charge is 0.385 e. The van der Waals surface area contributed by atoms with Crippen molar-refractivity contribution in [1.29, 1.82) is 0 Å². The second-order valence-electron chi connectivity index (χ2n) is 7.95. The minimum Gasteiger partial charge on any atom is -0.385 e. The van der Waals surface area contributed by atoms with E-state index in [0.717, 1.165) is 44.1 Å². The van der Waals surface area contributed by atoms with Crippen LogP contribution in [0.3, 0.4) is 0 Å². The van der Waals surface area contributed by atoms with Gasteiger partial charge in [-0.2, -0.15) is 0 Å². The summed E-state index contributed by atoms with van der Waals surface area (Å²) in [5, 5.41) is 10.3. The highest BCUT2D eigenvalue weighted by molar-refractivity contribution is 7.09. The maximum Gasteiger partial charge on any atom is 0.191 e. The van der Waals surface area contributed by atoms with E-state index in [0.29, 0.717) is 12.0 Å². The number of rotatable bonds is 10. The van der Waals surface area contributed by atoms with E-state index in [9.17, 15) is 0 Å². The zero-order valence-electron chi connectivity index (χ0n) is 17.7. The van der Waals surface area contributed by atoms with Gasteiger partial charge in [-0.1, -0.05) is 43.2 Å². The Morgan fingerprint density at radius 2 is 1.97 bits per heavy atom. The molecule has 0 spiro atoms. The van der Waals surface area contributed by atoms with Crippen molar-refractivity contribution in [2.24, 2.45) is 10.4 Å². The predicted molar refractivity (Wildman–Crippen MR) is 122 cm³/mol. The molecular weight excluding hydrogens is 380 g/mol. The van der Waals surface area contributed by atoms with Crippen LogP contribution in [0.5, 0.6) is 0 Å². The van der Waals surface area contributed by atoms with Gasteiger partial charge in [0.15, 0.2) is 5.96 Å². The molecule has 6 heteroatoms. The number of aliphatic imine (C=N–C) groups is 1. The van der Waals surface area contributed by atoms with Gasteiger partial charge in [0.05, 0.1) is 17.2 Å². The zero-order chi connectivity index (χ0) is 20.4. The van der Waals surface area contributed by atoms with Gasteiger partial charge < -0.3 is 15.4 Å². The first-order valence-electron chi connectivity index (χ1n) is 10.6. The molecule has 0 saturated heterocycles. The summed E-state index contributed by atoms with van der Waals surface area (Å²) in [6.45, 7) is 2.49. The molecule has 29 heavy (non-hydrogen) atoms. The Balaban J connectivity index is 1.44. The van der Waals surface area contributed by atoms with Crippen LogP contribution in [-0.4, -0.2) is 38.3 Å². The number of guanidine groups is 1. The highest BCUT2D eigenvalue weighted by Crippen LogP contribution is 2.40. The van der Waals surface area contributed by atoms with E-state index in [-0.39, 0.29) is 0 Å². The lowest BCUT2D eigenvalue weighted by molar-refractivity contribution is 0.138. The molecule has 1 fully saturated rings. The summed E-state index contributed by atoms with van der Waals surface area (Å²) in [4.78, 5) is 9.18. The minimum absolute atomic E-state index is 0.346. The second-order valence-corrected chi connectivity index (χ2v) is 8.89. The maximum absolute atomic E-state index is 5.34. The van der Waals surface area contributed by atoms with Crippen LogP contribution in [0, 0.1) is 5.41 Å². The van der Waals surface area contributed by atoms with Gasteiger partial charge in [0.1, 0.15) is 0 Å². The monoisotopic (exact) mass is 414 g/mol. The smallest absolute Gasteiger partial charge is 0.191 e. The van der Waals surface area contributed by atoms with Crippen LogP contribution in [0.2, 0.25) is 0 Å². The third-order valence-corrected chi connectivity index (χ3v) is 6.82. The Kier molecular flexibility index (Phi) is 8.50. The van der Waals surface area contributed by atoms with Gasteiger partial charge in [-0.05, 0) is 36.7 Å². The summed E-state index contributed by atoms with van der Waals surface area (Å²) in [5.74, 6) is 0.854. The first-order valence-corrected chi connectivity index (χ1v) is 11.5. The molecule has 1 aliphatic carbocycles. The van der Waals surface area contributed by atoms with E-state index in [4.69, 9.17) is 9.72 Å². The third kappa shape index (κ3) is 6.82. The molecule has 158 valence electrons. The molecule has 0 aliphatic heterocycles. The molecule has 1 heterocycles. The average Bonchev–Trinajstić information content (AvgIpc) is 3.42. The van der Waals surface area contributed by atoms with Crippen molar-refractivity contribution in [3.63, 3.8) is 0 Å². The fraction of sp³-hybridized carbons (Fsp3) is 0.565. The van der Waals surface area contributed by atoms with Gasteiger partial charge in [0.25, 0.3) is 0 Å². The van der Waals surface area contributed by atoms with Crippen LogP contribution in [-0.2, 0) is 24.1 Å². The Labute approximate surface area is 179 Å². The number of aromatic nitrogens is 1. The quantitative estimate of drug-likeness (QED) is 0.452. The normalized spacial score (nSPS) is 16.1. The molecule has 5 nitrogen and oxygen atoms in total. The van der Waals surface area contributed by atoms with Crippen molar-refractivity contribution in [3.8, 4) is 0 Å². The first-order chi connectivity index (χ1) is 14.2. The molecule has 1 saturated carbocycles. The van der Waals surface area contributed by atoms with Crippen molar-refractivity contribution in [2.75, 3.05) is 27.3 Å².